The summed E-state index contributed by atoms with van der Waals surface area (Å²) in [5.74, 6) is -0.479. The van der Waals surface area contributed by atoms with Gasteiger partial charge in [0, 0.05) is 11.8 Å². The lowest BCUT2D eigenvalue weighted by Gasteiger charge is -2.13. The van der Waals surface area contributed by atoms with Crippen LogP contribution in [0.5, 0.6) is 0 Å². The molecule has 2 aromatic rings. The molecule has 2 rings (SSSR count). The summed E-state index contributed by atoms with van der Waals surface area (Å²) in [4.78, 5) is 3.81. The Morgan fingerprint density at radius 2 is 2.12 bits per heavy atom. The van der Waals surface area contributed by atoms with Gasteiger partial charge in [0.05, 0.1) is 4.47 Å². The molecule has 0 amide bonds. The normalized spacial score (nSPS) is 12.5. The van der Waals surface area contributed by atoms with E-state index in [1.54, 1.807) is 18.2 Å². The number of aromatic nitrogens is 1. The molecule has 0 aliphatic rings. The Hall–Kier alpha value is -0.970. The number of nitrogens with zero attached hydrogens (tertiary/aromatic N) is 1. The third-order valence-corrected chi connectivity index (χ3v) is 3.16. The Morgan fingerprint density at radius 1 is 1.35 bits per heavy atom. The number of halogens is 3. The van der Waals surface area contributed by atoms with Gasteiger partial charge in [0.1, 0.15) is 17.1 Å². The van der Waals surface area contributed by atoms with E-state index in [0.29, 0.717) is 10.0 Å². The summed E-state index contributed by atoms with van der Waals surface area (Å²) in [6, 6.07) is 7.86. The zero-order valence-corrected chi connectivity index (χ0v) is 10.9. The van der Waals surface area contributed by atoms with E-state index in [1.165, 1.54) is 18.3 Å². The van der Waals surface area contributed by atoms with Crippen LogP contribution in [0.2, 0.25) is 5.15 Å². The number of aliphatic hydroxyl groups is 1. The molecule has 0 bridgehead atoms. The number of benzene rings is 1. The van der Waals surface area contributed by atoms with Crippen molar-refractivity contribution in [3.63, 3.8) is 0 Å². The van der Waals surface area contributed by atoms with Gasteiger partial charge < -0.3 is 5.11 Å². The molecule has 0 aliphatic heterocycles. The first-order chi connectivity index (χ1) is 8.09. The highest BCUT2D eigenvalue weighted by molar-refractivity contribution is 9.10. The fraction of sp³-hybridized carbons (Fsp3) is 0.0833. The van der Waals surface area contributed by atoms with E-state index in [-0.39, 0.29) is 10.7 Å². The molecular weight excluding hydrogens is 308 g/mol. The van der Waals surface area contributed by atoms with Crippen LogP contribution in [0.3, 0.4) is 0 Å². The van der Waals surface area contributed by atoms with Crippen LogP contribution < -0.4 is 0 Å². The van der Waals surface area contributed by atoms with Crippen molar-refractivity contribution in [2.45, 2.75) is 6.10 Å². The number of pyridine rings is 1. The van der Waals surface area contributed by atoms with E-state index in [4.69, 9.17) is 11.6 Å². The van der Waals surface area contributed by atoms with Crippen molar-refractivity contribution in [1.29, 1.82) is 0 Å². The average molecular weight is 317 g/mol. The maximum absolute atomic E-state index is 13.8. The highest BCUT2D eigenvalue weighted by Crippen LogP contribution is 2.28. The van der Waals surface area contributed by atoms with Gasteiger partial charge in [-0.25, -0.2) is 9.37 Å². The highest BCUT2D eigenvalue weighted by Gasteiger charge is 2.16. The molecule has 0 saturated heterocycles. The van der Waals surface area contributed by atoms with Crippen LogP contribution in [-0.4, -0.2) is 10.1 Å². The van der Waals surface area contributed by atoms with Crippen molar-refractivity contribution in [3.8, 4) is 0 Å². The third-order valence-electron chi connectivity index (χ3n) is 2.34. The van der Waals surface area contributed by atoms with E-state index < -0.39 is 11.9 Å². The van der Waals surface area contributed by atoms with E-state index in [2.05, 4.69) is 20.9 Å². The summed E-state index contributed by atoms with van der Waals surface area (Å²) in [6.45, 7) is 0. The number of aliphatic hydroxyl groups excluding tert-OH is 1. The van der Waals surface area contributed by atoms with Crippen LogP contribution in [0.25, 0.3) is 0 Å². The van der Waals surface area contributed by atoms with E-state index in [0.717, 1.165) is 0 Å². The topological polar surface area (TPSA) is 33.1 Å². The minimum absolute atomic E-state index is 0.196. The minimum Gasteiger partial charge on any atom is -0.384 e. The lowest BCUT2D eigenvalue weighted by Crippen LogP contribution is -2.03. The predicted molar refractivity (Wildman–Crippen MR) is 67.4 cm³/mol. The second kappa shape index (κ2) is 5.12. The second-order valence-corrected chi connectivity index (χ2v) is 4.70. The van der Waals surface area contributed by atoms with Crippen molar-refractivity contribution in [1.82, 2.24) is 4.98 Å². The van der Waals surface area contributed by atoms with Crippen LogP contribution in [-0.2, 0) is 0 Å². The van der Waals surface area contributed by atoms with Gasteiger partial charge in [-0.2, -0.15) is 0 Å². The second-order valence-electron chi connectivity index (χ2n) is 3.46. The first-order valence-electron chi connectivity index (χ1n) is 4.83. The number of rotatable bonds is 2. The van der Waals surface area contributed by atoms with Crippen LogP contribution in [0.1, 0.15) is 17.2 Å². The molecule has 1 unspecified atom stereocenters. The summed E-state index contributed by atoms with van der Waals surface area (Å²) in [5.41, 5.74) is 0.698. The summed E-state index contributed by atoms with van der Waals surface area (Å²) in [7, 11) is 0. The van der Waals surface area contributed by atoms with Crippen LogP contribution in [0.4, 0.5) is 4.39 Å². The van der Waals surface area contributed by atoms with Gasteiger partial charge >= 0.3 is 0 Å². The van der Waals surface area contributed by atoms with Crippen LogP contribution in [0.15, 0.2) is 41.0 Å². The molecule has 1 atom stereocenters. The van der Waals surface area contributed by atoms with E-state index in [1.807, 2.05) is 0 Å². The van der Waals surface area contributed by atoms with Gasteiger partial charge in [-0.3, -0.25) is 0 Å². The first-order valence-corrected chi connectivity index (χ1v) is 6.00. The van der Waals surface area contributed by atoms with Gasteiger partial charge in [-0.1, -0.05) is 23.7 Å². The Bertz CT molecular complexity index is 550. The molecular formula is C12H8BrClFNO. The van der Waals surface area contributed by atoms with Gasteiger partial charge in [-0.15, -0.1) is 0 Å². The lowest BCUT2D eigenvalue weighted by atomic mass is 10.0. The fourth-order valence-electron chi connectivity index (χ4n) is 1.50. The lowest BCUT2D eigenvalue weighted by molar-refractivity contribution is 0.214. The smallest absolute Gasteiger partial charge is 0.143 e. The molecule has 1 aromatic heterocycles. The molecule has 0 aliphatic carbocycles. The molecule has 0 radical (unpaired) electrons. The standard InChI is InChI=1S/C12H8BrClFNO/c13-9-3-1-2-8(11(9)15)12(17)7-4-5-16-10(14)6-7/h1-6,12,17H. The quantitative estimate of drug-likeness (QED) is 0.857. The van der Waals surface area contributed by atoms with Crippen molar-refractivity contribution in [2.75, 3.05) is 0 Å². The van der Waals surface area contributed by atoms with Crippen molar-refractivity contribution in [2.24, 2.45) is 0 Å². The first kappa shape index (κ1) is 12.5. The zero-order chi connectivity index (χ0) is 12.4. The van der Waals surface area contributed by atoms with Gasteiger partial charge in [0.25, 0.3) is 0 Å². The Kier molecular flexibility index (Phi) is 3.76. The van der Waals surface area contributed by atoms with Crippen LogP contribution in [0, 0.1) is 5.82 Å². The van der Waals surface area contributed by atoms with Crippen molar-refractivity contribution >= 4 is 27.5 Å². The molecule has 1 aromatic carbocycles. The molecule has 0 saturated carbocycles. The van der Waals surface area contributed by atoms with Gasteiger partial charge in [-0.05, 0) is 39.7 Å². The minimum atomic E-state index is -1.06. The van der Waals surface area contributed by atoms with Crippen molar-refractivity contribution < 1.29 is 9.50 Å². The summed E-state index contributed by atoms with van der Waals surface area (Å²) < 4.78 is 14.1. The maximum Gasteiger partial charge on any atom is 0.143 e. The zero-order valence-electron chi connectivity index (χ0n) is 8.57. The molecule has 0 spiro atoms. The highest BCUT2D eigenvalue weighted by atomic mass is 79.9. The Labute approximate surface area is 111 Å². The average Bonchev–Trinajstić information content (AvgIpc) is 2.32. The number of hydrogen-bond donors (Lipinski definition) is 1. The van der Waals surface area contributed by atoms with Gasteiger partial charge in [0.15, 0.2) is 0 Å². The summed E-state index contributed by atoms with van der Waals surface area (Å²) in [5, 5.41) is 10.3. The third kappa shape index (κ3) is 2.65. The summed E-state index contributed by atoms with van der Waals surface area (Å²) >= 11 is 8.80. The molecule has 1 N–H and O–H groups in total. The molecule has 17 heavy (non-hydrogen) atoms. The molecule has 88 valence electrons. The SMILES string of the molecule is OC(c1ccnc(Cl)c1)c1cccc(Br)c1F. The van der Waals surface area contributed by atoms with E-state index >= 15 is 0 Å². The largest absolute Gasteiger partial charge is 0.384 e. The predicted octanol–water partition coefficient (Wildman–Crippen LogP) is 3.72. The van der Waals surface area contributed by atoms with Crippen LogP contribution >= 0.6 is 27.5 Å². The van der Waals surface area contributed by atoms with Crippen molar-refractivity contribution in [3.05, 3.63) is 63.1 Å². The molecule has 2 nitrogen and oxygen atoms in total. The number of hydrogen-bond acceptors (Lipinski definition) is 2. The molecule has 0 fully saturated rings. The monoisotopic (exact) mass is 315 g/mol. The Morgan fingerprint density at radius 3 is 2.82 bits per heavy atom. The molecule has 1 heterocycles. The maximum atomic E-state index is 13.8. The summed E-state index contributed by atoms with van der Waals surface area (Å²) in [6.07, 6.45) is 0.407. The Balaban J connectivity index is 2.44. The fourth-order valence-corrected chi connectivity index (χ4v) is 2.06. The van der Waals surface area contributed by atoms with Gasteiger partial charge in [0.2, 0.25) is 0 Å². The molecule has 5 heteroatoms. The van der Waals surface area contributed by atoms with E-state index in [9.17, 15) is 9.50 Å².